The Balaban J connectivity index is 2.19. The minimum atomic E-state index is 0.552. The molecule has 0 amide bonds. The lowest BCUT2D eigenvalue weighted by Gasteiger charge is -2.02. The SMILES string of the molecule is Cc1ccc(-c2nc3ccc(NP)cc3n2O)cc1. The molecule has 1 atom stereocenters. The third-order valence-corrected chi connectivity index (χ3v) is 3.44. The molecule has 1 heterocycles. The van der Waals surface area contributed by atoms with Gasteiger partial charge in [-0.15, -0.1) is 0 Å². The average Bonchev–Trinajstić information content (AvgIpc) is 2.76. The molecule has 0 aliphatic heterocycles. The smallest absolute Gasteiger partial charge is 0.176 e. The van der Waals surface area contributed by atoms with E-state index in [-0.39, 0.29) is 0 Å². The summed E-state index contributed by atoms with van der Waals surface area (Å²) in [5.41, 5.74) is 4.43. The van der Waals surface area contributed by atoms with Crippen LogP contribution >= 0.6 is 9.39 Å². The van der Waals surface area contributed by atoms with Crippen LogP contribution in [-0.2, 0) is 0 Å². The summed E-state index contributed by atoms with van der Waals surface area (Å²) in [4.78, 5) is 4.47. The molecule has 96 valence electrons. The molecule has 0 aliphatic carbocycles. The Morgan fingerprint density at radius 2 is 1.89 bits per heavy atom. The molecule has 3 aromatic rings. The van der Waals surface area contributed by atoms with Crippen molar-refractivity contribution in [2.45, 2.75) is 6.92 Å². The lowest BCUT2D eigenvalue weighted by molar-refractivity contribution is 0.203. The highest BCUT2D eigenvalue weighted by Crippen LogP contribution is 2.26. The summed E-state index contributed by atoms with van der Waals surface area (Å²) in [7, 11) is 2.43. The molecule has 5 heteroatoms. The first-order valence-electron chi connectivity index (χ1n) is 5.94. The highest BCUT2D eigenvalue weighted by Gasteiger charge is 2.12. The van der Waals surface area contributed by atoms with Crippen molar-refractivity contribution in [3.8, 4) is 11.4 Å². The normalized spacial score (nSPS) is 10.8. The number of hydrogen-bond donors (Lipinski definition) is 2. The number of hydrogen-bond acceptors (Lipinski definition) is 3. The fraction of sp³-hybridized carbons (Fsp3) is 0.0714. The standard InChI is InChI=1S/C14H14N3OP/c1-9-2-4-10(5-3-9)14-15-12-7-6-11(16-19)8-13(12)17(14)18/h2-8,16,18H,19H2,1H3. The van der Waals surface area contributed by atoms with Crippen molar-refractivity contribution in [3.05, 3.63) is 48.0 Å². The number of nitrogens with zero attached hydrogens (tertiary/aromatic N) is 2. The first-order valence-corrected chi connectivity index (χ1v) is 6.52. The van der Waals surface area contributed by atoms with Crippen molar-refractivity contribution in [1.82, 2.24) is 9.71 Å². The van der Waals surface area contributed by atoms with Gasteiger partial charge >= 0.3 is 0 Å². The zero-order valence-corrected chi connectivity index (χ0v) is 11.6. The molecule has 0 aliphatic rings. The van der Waals surface area contributed by atoms with Crippen molar-refractivity contribution < 1.29 is 5.21 Å². The second-order valence-electron chi connectivity index (χ2n) is 4.46. The third kappa shape index (κ3) is 2.04. The molecule has 0 radical (unpaired) electrons. The van der Waals surface area contributed by atoms with E-state index in [0.29, 0.717) is 11.3 Å². The van der Waals surface area contributed by atoms with Crippen molar-refractivity contribution >= 4 is 26.1 Å². The van der Waals surface area contributed by atoms with E-state index in [1.54, 1.807) is 0 Å². The molecule has 0 spiro atoms. The molecule has 0 bridgehead atoms. The van der Waals surface area contributed by atoms with Crippen LogP contribution in [0.15, 0.2) is 42.5 Å². The van der Waals surface area contributed by atoms with Gasteiger partial charge in [0.25, 0.3) is 0 Å². The Morgan fingerprint density at radius 3 is 2.58 bits per heavy atom. The van der Waals surface area contributed by atoms with Gasteiger partial charge in [0.1, 0.15) is 5.52 Å². The number of aryl methyl sites for hydroxylation is 1. The van der Waals surface area contributed by atoms with Gasteiger partial charge in [0, 0.05) is 11.3 Å². The molecule has 1 aromatic heterocycles. The molecule has 0 saturated heterocycles. The number of aromatic nitrogens is 2. The second-order valence-corrected chi connectivity index (χ2v) is 4.75. The van der Waals surface area contributed by atoms with Gasteiger partial charge in [0.05, 0.1) is 5.52 Å². The summed E-state index contributed by atoms with van der Waals surface area (Å²) in [6.45, 7) is 2.03. The van der Waals surface area contributed by atoms with Crippen LogP contribution in [0.1, 0.15) is 5.56 Å². The molecule has 0 saturated carbocycles. The van der Waals surface area contributed by atoms with Crippen LogP contribution in [0.4, 0.5) is 5.69 Å². The Labute approximate surface area is 113 Å². The van der Waals surface area contributed by atoms with E-state index in [9.17, 15) is 5.21 Å². The fourth-order valence-corrected chi connectivity index (χ4v) is 2.22. The van der Waals surface area contributed by atoms with Gasteiger partial charge < -0.3 is 10.3 Å². The third-order valence-electron chi connectivity index (χ3n) is 3.11. The Bertz CT molecular complexity index is 734. The van der Waals surface area contributed by atoms with E-state index in [0.717, 1.165) is 21.5 Å². The van der Waals surface area contributed by atoms with E-state index in [1.807, 2.05) is 49.4 Å². The van der Waals surface area contributed by atoms with Crippen molar-refractivity contribution in [3.63, 3.8) is 0 Å². The Hall–Kier alpha value is -2.06. The lowest BCUT2D eigenvalue weighted by atomic mass is 10.1. The van der Waals surface area contributed by atoms with Crippen LogP contribution in [0, 0.1) is 6.92 Å². The summed E-state index contributed by atoms with van der Waals surface area (Å²) >= 11 is 0. The van der Waals surface area contributed by atoms with Gasteiger partial charge in [-0.25, -0.2) is 4.98 Å². The summed E-state index contributed by atoms with van der Waals surface area (Å²) in [6.07, 6.45) is 0. The van der Waals surface area contributed by atoms with Crippen molar-refractivity contribution in [1.29, 1.82) is 0 Å². The molecule has 4 nitrogen and oxygen atoms in total. The van der Waals surface area contributed by atoms with Crippen molar-refractivity contribution in [2.75, 3.05) is 5.09 Å². The number of anilines is 1. The summed E-state index contributed by atoms with van der Waals surface area (Å²) in [5.74, 6) is 0.552. The van der Waals surface area contributed by atoms with Gasteiger partial charge in [-0.3, -0.25) is 0 Å². The highest BCUT2D eigenvalue weighted by atomic mass is 31.0. The van der Waals surface area contributed by atoms with Gasteiger partial charge in [0.2, 0.25) is 0 Å². The molecular formula is C14H14N3OP. The fourth-order valence-electron chi connectivity index (χ4n) is 2.04. The predicted octanol–water partition coefficient (Wildman–Crippen LogP) is 3.45. The Kier molecular flexibility index (Phi) is 2.88. The first kappa shape index (κ1) is 12.0. The molecule has 1 unspecified atom stereocenters. The van der Waals surface area contributed by atoms with Crippen LogP contribution in [0.2, 0.25) is 0 Å². The lowest BCUT2D eigenvalue weighted by Crippen LogP contribution is -1.94. The maximum atomic E-state index is 10.3. The van der Waals surface area contributed by atoms with Crippen LogP contribution < -0.4 is 5.09 Å². The van der Waals surface area contributed by atoms with E-state index in [2.05, 4.69) is 19.5 Å². The molecule has 2 N–H and O–H groups in total. The summed E-state index contributed by atoms with van der Waals surface area (Å²) < 4.78 is 1.13. The van der Waals surface area contributed by atoms with E-state index >= 15 is 0 Å². The van der Waals surface area contributed by atoms with E-state index < -0.39 is 0 Å². The highest BCUT2D eigenvalue weighted by molar-refractivity contribution is 7.18. The monoisotopic (exact) mass is 271 g/mol. The Morgan fingerprint density at radius 1 is 1.16 bits per heavy atom. The van der Waals surface area contributed by atoms with Gasteiger partial charge in [-0.1, -0.05) is 29.8 Å². The van der Waals surface area contributed by atoms with Crippen LogP contribution in [0.3, 0.4) is 0 Å². The number of nitrogens with one attached hydrogen (secondary N) is 1. The average molecular weight is 271 g/mol. The van der Waals surface area contributed by atoms with Crippen LogP contribution in [0.5, 0.6) is 0 Å². The van der Waals surface area contributed by atoms with E-state index in [4.69, 9.17) is 0 Å². The predicted molar refractivity (Wildman–Crippen MR) is 80.4 cm³/mol. The topological polar surface area (TPSA) is 50.1 Å². The van der Waals surface area contributed by atoms with Crippen molar-refractivity contribution in [2.24, 2.45) is 0 Å². The van der Waals surface area contributed by atoms with Crippen LogP contribution in [0.25, 0.3) is 22.4 Å². The molecule has 0 fully saturated rings. The molecule has 2 aromatic carbocycles. The number of fused-ring (bicyclic) bond motifs is 1. The molecule has 3 rings (SSSR count). The second kappa shape index (κ2) is 4.56. The summed E-state index contributed by atoms with van der Waals surface area (Å²) in [6, 6.07) is 13.6. The number of benzene rings is 2. The number of rotatable bonds is 2. The quantitative estimate of drug-likeness (QED) is 0.554. The van der Waals surface area contributed by atoms with Gasteiger partial charge in [-0.2, -0.15) is 4.73 Å². The van der Waals surface area contributed by atoms with Crippen LogP contribution in [-0.4, -0.2) is 14.9 Å². The summed E-state index contributed by atoms with van der Waals surface area (Å²) in [5, 5.41) is 13.2. The maximum absolute atomic E-state index is 10.3. The van der Waals surface area contributed by atoms with E-state index in [1.165, 1.54) is 5.56 Å². The zero-order valence-electron chi connectivity index (χ0n) is 10.5. The minimum absolute atomic E-state index is 0.552. The minimum Gasteiger partial charge on any atom is -0.426 e. The number of imidazole rings is 1. The molecule has 19 heavy (non-hydrogen) atoms. The first-order chi connectivity index (χ1) is 9.19. The zero-order chi connectivity index (χ0) is 13.4. The van der Waals surface area contributed by atoms with Gasteiger partial charge in [-0.05, 0) is 34.5 Å². The maximum Gasteiger partial charge on any atom is 0.176 e. The molecular weight excluding hydrogens is 257 g/mol. The van der Waals surface area contributed by atoms with Gasteiger partial charge in [0.15, 0.2) is 5.82 Å². The largest absolute Gasteiger partial charge is 0.426 e.